The Kier molecular flexibility index (Phi) is 4.86. The number of aliphatic carboxylic acids is 1. The molecular weight excluding hydrogens is 339 g/mol. The first kappa shape index (κ1) is 16.2. The Morgan fingerprint density at radius 3 is 2.38 bits per heavy atom. The SMILES string of the molecule is CC1CN(C(=O)Nc2cc(Cl)c(Cl)cc2Cl)CC1C(=O)O. The Morgan fingerprint density at radius 2 is 1.81 bits per heavy atom. The van der Waals surface area contributed by atoms with Crippen molar-refractivity contribution in [2.75, 3.05) is 18.4 Å². The molecule has 2 N–H and O–H groups in total. The normalized spacial score (nSPS) is 21.4. The summed E-state index contributed by atoms with van der Waals surface area (Å²) >= 11 is 17.7. The first-order valence-corrected chi connectivity index (χ1v) is 7.36. The van der Waals surface area contributed by atoms with E-state index in [1.165, 1.54) is 17.0 Å². The van der Waals surface area contributed by atoms with Gasteiger partial charge in [0.1, 0.15) is 0 Å². The number of carboxylic acid groups (broad SMARTS) is 1. The van der Waals surface area contributed by atoms with Crippen LogP contribution in [-0.4, -0.2) is 35.1 Å². The summed E-state index contributed by atoms with van der Waals surface area (Å²) in [5.74, 6) is -1.55. The number of likely N-dealkylation sites (tertiary alicyclic amines) is 1. The van der Waals surface area contributed by atoms with E-state index in [-0.39, 0.29) is 22.5 Å². The fourth-order valence-electron chi connectivity index (χ4n) is 2.27. The van der Waals surface area contributed by atoms with Gasteiger partial charge in [-0.15, -0.1) is 0 Å². The summed E-state index contributed by atoms with van der Waals surface area (Å²) in [7, 11) is 0. The predicted molar refractivity (Wildman–Crippen MR) is 82.4 cm³/mol. The molecule has 114 valence electrons. The number of benzene rings is 1. The number of rotatable bonds is 2. The van der Waals surface area contributed by atoms with Crippen LogP contribution < -0.4 is 5.32 Å². The van der Waals surface area contributed by atoms with Gasteiger partial charge in [0.2, 0.25) is 0 Å². The van der Waals surface area contributed by atoms with E-state index in [1.807, 2.05) is 0 Å². The topological polar surface area (TPSA) is 69.6 Å². The zero-order valence-corrected chi connectivity index (χ0v) is 13.3. The Hall–Kier alpha value is -1.17. The van der Waals surface area contributed by atoms with E-state index in [9.17, 15) is 9.59 Å². The lowest BCUT2D eigenvalue weighted by atomic mass is 9.99. The Morgan fingerprint density at radius 1 is 1.19 bits per heavy atom. The van der Waals surface area contributed by atoms with E-state index in [0.29, 0.717) is 17.3 Å². The van der Waals surface area contributed by atoms with Crippen LogP contribution in [0.3, 0.4) is 0 Å². The Bertz CT molecular complexity index is 594. The van der Waals surface area contributed by atoms with Gasteiger partial charge in [0, 0.05) is 13.1 Å². The zero-order valence-electron chi connectivity index (χ0n) is 11.1. The number of halogens is 3. The predicted octanol–water partition coefficient (Wildman–Crippen LogP) is 3.83. The van der Waals surface area contributed by atoms with E-state index in [4.69, 9.17) is 39.9 Å². The van der Waals surface area contributed by atoms with Crippen molar-refractivity contribution in [1.82, 2.24) is 4.90 Å². The molecule has 1 aliphatic heterocycles. The Labute approximate surface area is 136 Å². The first-order valence-electron chi connectivity index (χ1n) is 6.23. The van der Waals surface area contributed by atoms with Gasteiger partial charge in [0.15, 0.2) is 0 Å². The second-order valence-corrected chi connectivity index (χ2v) is 6.22. The standard InChI is InChI=1S/C13H13Cl3N2O3/c1-6-4-18(5-7(6)12(19)20)13(21)17-11-3-9(15)8(14)2-10(11)16/h2-3,6-7H,4-5H2,1H3,(H,17,21)(H,19,20). The van der Waals surface area contributed by atoms with Gasteiger partial charge in [-0.3, -0.25) is 4.79 Å². The van der Waals surface area contributed by atoms with Crippen LogP contribution >= 0.6 is 34.8 Å². The monoisotopic (exact) mass is 350 g/mol. The molecule has 21 heavy (non-hydrogen) atoms. The van der Waals surface area contributed by atoms with E-state index < -0.39 is 17.9 Å². The molecule has 1 aromatic rings. The molecule has 2 unspecified atom stereocenters. The lowest BCUT2D eigenvalue weighted by Crippen LogP contribution is -2.33. The number of amides is 2. The quantitative estimate of drug-likeness (QED) is 0.796. The largest absolute Gasteiger partial charge is 0.481 e. The summed E-state index contributed by atoms with van der Waals surface area (Å²) in [4.78, 5) is 24.7. The number of nitrogens with zero attached hydrogens (tertiary/aromatic N) is 1. The summed E-state index contributed by atoms with van der Waals surface area (Å²) in [5, 5.41) is 12.5. The zero-order chi connectivity index (χ0) is 15.7. The van der Waals surface area contributed by atoms with Crippen LogP contribution in [0.1, 0.15) is 6.92 Å². The van der Waals surface area contributed by atoms with Crippen LogP contribution in [0.25, 0.3) is 0 Å². The van der Waals surface area contributed by atoms with Crippen molar-refractivity contribution < 1.29 is 14.7 Å². The number of carbonyl (C=O) groups is 2. The Balaban J connectivity index is 2.09. The summed E-state index contributed by atoms with van der Waals surface area (Å²) in [6.07, 6.45) is 0. The highest BCUT2D eigenvalue weighted by atomic mass is 35.5. The van der Waals surface area contributed by atoms with E-state index in [0.717, 1.165) is 0 Å². The molecule has 0 aliphatic carbocycles. The summed E-state index contributed by atoms with van der Waals surface area (Å²) in [6, 6.07) is 2.48. The van der Waals surface area contributed by atoms with Gasteiger partial charge in [0.25, 0.3) is 0 Å². The van der Waals surface area contributed by atoms with Crippen molar-refractivity contribution in [2.45, 2.75) is 6.92 Å². The molecule has 0 bridgehead atoms. The number of carboxylic acids is 1. The molecule has 0 spiro atoms. The van der Waals surface area contributed by atoms with Gasteiger partial charge in [-0.2, -0.15) is 0 Å². The van der Waals surface area contributed by atoms with Crippen molar-refractivity contribution in [3.05, 3.63) is 27.2 Å². The third-order valence-corrected chi connectivity index (χ3v) is 4.50. The van der Waals surface area contributed by atoms with E-state index in [2.05, 4.69) is 5.32 Å². The third kappa shape index (κ3) is 3.54. The fourth-order valence-corrected chi connectivity index (χ4v) is 2.86. The summed E-state index contributed by atoms with van der Waals surface area (Å²) in [6.45, 7) is 2.35. The van der Waals surface area contributed by atoms with Crippen molar-refractivity contribution >= 4 is 52.5 Å². The van der Waals surface area contributed by atoms with Crippen molar-refractivity contribution in [2.24, 2.45) is 11.8 Å². The maximum atomic E-state index is 12.2. The van der Waals surface area contributed by atoms with Gasteiger partial charge in [0.05, 0.1) is 26.7 Å². The molecule has 1 aromatic carbocycles. The molecule has 0 saturated carbocycles. The van der Waals surface area contributed by atoms with Gasteiger partial charge in [-0.1, -0.05) is 41.7 Å². The van der Waals surface area contributed by atoms with Crippen LogP contribution in [-0.2, 0) is 4.79 Å². The summed E-state index contributed by atoms with van der Waals surface area (Å²) < 4.78 is 0. The smallest absolute Gasteiger partial charge is 0.321 e. The number of hydrogen-bond acceptors (Lipinski definition) is 2. The fraction of sp³-hybridized carbons (Fsp3) is 0.385. The highest BCUT2D eigenvalue weighted by Crippen LogP contribution is 2.33. The second-order valence-electron chi connectivity index (χ2n) is 5.00. The highest BCUT2D eigenvalue weighted by Gasteiger charge is 2.37. The van der Waals surface area contributed by atoms with Crippen LogP contribution in [0, 0.1) is 11.8 Å². The van der Waals surface area contributed by atoms with Crippen molar-refractivity contribution in [1.29, 1.82) is 0 Å². The molecule has 1 aliphatic rings. The van der Waals surface area contributed by atoms with E-state index >= 15 is 0 Å². The number of carbonyl (C=O) groups excluding carboxylic acids is 1. The van der Waals surface area contributed by atoms with Crippen LogP contribution in [0.15, 0.2) is 12.1 Å². The maximum Gasteiger partial charge on any atom is 0.321 e. The average molecular weight is 352 g/mol. The summed E-state index contributed by atoms with van der Waals surface area (Å²) in [5.41, 5.74) is 0.336. The van der Waals surface area contributed by atoms with Crippen LogP contribution in [0.4, 0.5) is 10.5 Å². The first-order chi connectivity index (χ1) is 9.79. The molecular formula is C13H13Cl3N2O3. The van der Waals surface area contributed by atoms with Gasteiger partial charge < -0.3 is 15.3 Å². The van der Waals surface area contributed by atoms with Gasteiger partial charge in [-0.25, -0.2) is 4.79 Å². The number of anilines is 1. The van der Waals surface area contributed by atoms with Crippen molar-refractivity contribution in [3.63, 3.8) is 0 Å². The molecule has 1 saturated heterocycles. The third-order valence-electron chi connectivity index (χ3n) is 3.47. The maximum absolute atomic E-state index is 12.2. The van der Waals surface area contributed by atoms with Crippen LogP contribution in [0.2, 0.25) is 15.1 Å². The van der Waals surface area contributed by atoms with Gasteiger partial charge in [-0.05, 0) is 18.1 Å². The number of urea groups is 1. The molecule has 2 rings (SSSR count). The lowest BCUT2D eigenvalue weighted by molar-refractivity contribution is -0.142. The minimum Gasteiger partial charge on any atom is -0.481 e. The molecule has 0 radical (unpaired) electrons. The molecule has 5 nitrogen and oxygen atoms in total. The molecule has 1 fully saturated rings. The molecule has 0 aromatic heterocycles. The van der Waals surface area contributed by atoms with Gasteiger partial charge >= 0.3 is 12.0 Å². The van der Waals surface area contributed by atoms with Crippen molar-refractivity contribution in [3.8, 4) is 0 Å². The lowest BCUT2D eigenvalue weighted by Gasteiger charge is -2.17. The minimum atomic E-state index is -0.898. The molecule has 2 amide bonds. The molecule has 8 heteroatoms. The average Bonchev–Trinajstić information content (AvgIpc) is 2.78. The molecule has 2 atom stereocenters. The number of hydrogen-bond donors (Lipinski definition) is 2. The van der Waals surface area contributed by atoms with Crippen LogP contribution in [0.5, 0.6) is 0 Å². The second kappa shape index (κ2) is 6.30. The minimum absolute atomic E-state index is 0.0995. The van der Waals surface area contributed by atoms with E-state index in [1.54, 1.807) is 6.92 Å². The molecule has 1 heterocycles. The highest BCUT2D eigenvalue weighted by molar-refractivity contribution is 6.44. The number of nitrogens with one attached hydrogen (secondary N) is 1.